The summed E-state index contributed by atoms with van der Waals surface area (Å²) < 4.78 is 5.57. The van der Waals surface area contributed by atoms with Gasteiger partial charge in [-0.15, -0.1) is 11.8 Å². The van der Waals surface area contributed by atoms with E-state index < -0.39 is 5.97 Å². The molecule has 6 rings (SSSR count). The van der Waals surface area contributed by atoms with E-state index in [-0.39, 0.29) is 5.25 Å². The number of anilines is 1. The van der Waals surface area contributed by atoms with Gasteiger partial charge in [-0.1, -0.05) is 24.3 Å². The van der Waals surface area contributed by atoms with Crippen LogP contribution in [-0.2, 0) is 11.2 Å². The molecule has 4 heterocycles. The van der Waals surface area contributed by atoms with Gasteiger partial charge in [0.2, 0.25) is 0 Å². The number of fused-ring (bicyclic) bond motifs is 2. The average molecular weight is 460 g/mol. The van der Waals surface area contributed by atoms with E-state index in [1.165, 1.54) is 0 Å². The minimum absolute atomic E-state index is 0.0911. The molecule has 1 fully saturated rings. The van der Waals surface area contributed by atoms with E-state index in [0.29, 0.717) is 24.6 Å². The zero-order chi connectivity index (χ0) is 22.4. The molecule has 0 aliphatic carbocycles. The Morgan fingerprint density at radius 2 is 2.00 bits per heavy atom. The van der Waals surface area contributed by atoms with Crippen LogP contribution in [0.25, 0.3) is 22.3 Å². The van der Waals surface area contributed by atoms with Gasteiger partial charge >= 0.3 is 5.97 Å². The number of aromatic nitrogens is 4. The molecule has 4 aromatic rings. The highest BCUT2D eigenvalue weighted by molar-refractivity contribution is 8.00. The van der Waals surface area contributed by atoms with Crippen molar-refractivity contribution >= 4 is 34.5 Å². The molecule has 2 aromatic heterocycles. The minimum atomic E-state index is -0.915. The van der Waals surface area contributed by atoms with Crippen LogP contribution in [0.2, 0.25) is 0 Å². The number of H-pyrrole nitrogens is 1. The van der Waals surface area contributed by atoms with Crippen LogP contribution < -0.4 is 4.90 Å². The lowest BCUT2D eigenvalue weighted by Crippen LogP contribution is -2.37. The lowest BCUT2D eigenvalue weighted by Gasteiger charge is -2.29. The van der Waals surface area contributed by atoms with Crippen molar-refractivity contribution in [2.24, 2.45) is 0 Å². The van der Waals surface area contributed by atoms with E-state index in [9.17, 15) is 9.90 Å². The number of aromatic amines is 1. The normalized spacial score (nSPS) is 17.9. The highest BCUT2D eigenvalue weighted by Crippen LogP contribution is 2.50. The topological polar surface area (TPSA) is 104 Å². The third-order valence-electron chi connectivity index (χ3n) is 6.10. The van der Waals surface area contributed by atoms with Gasteiger partial charge in [0.25, 0.3) is 0 Å². The van der Waals surface area contributed by atoms with Crippen molar-refractivity contribution in [2.45, 2.75) is 16.6 Å². The number of morpholine rings is 1. The van der Waals surface area contributed by atoms with Gasteiger partial charge in [-0.2, -0.15) is 5.10 Å². The van der Waals surface area contributed by atoms with Gasteiger partial charge in [0, 0.05) is 35.7 Å². The molecule has 2 aliphatic rings. The van der Waals surface area contributed by atoms with E-state index in [4.69, 9.17) is 14.7 Å². The highest BCUT2D eigenvalue weighted by atomic mass is 32.2. The number of carbonyl (C=O) groups is 1. The van der Waals surface area contributed by atoms with Crippen LogP contribution in [0.5, 0.6) is 0 Å². The Kier molecular flexibility index (Phi) is 5.00. The van der Waals surface area contributed by atoms with Gasteiger partial charge < -0.3 is 14.7 Å². The number of hydrogen-bond donors (Lipinski definition) is 2. The zero-order valence-corrected chi connectivity index (χ0v) is 18.5. The molecule has 2 aromatic carbocycles. The van der Waals surface area contributed by atoms with Crippen LogP contribution >= 0.6 is 11.8 Å². The molecule has 0 spiro atoms. The third-order valence-corrected chi connectivity index (χ3v) is 7.48. The molecule has 1 atom stereocenters. The summed E-state index contributed by atoms with van der Waals surface area (Å²) in [5.74, 6) is 0.699. The number of ether oxygens (including phenoxy) is 1. The lowest BCUT2D eigenvalue weighted by molar-refractivity contribution is 0.0696. The van der Waals surface area contributed by atoms with Gasteiger partial charge in [0.05, 0.1) is 41.1 Å². The van der Waals surface area contributed by atoms with Gasteiger partial charge in [0.1, 0.15) is 5.82 Å². The largest absolute Gasteiger partial charge is 0.478 e. The number of thioether (sulfide) groups is 1. The number of hydrogen-bond acceptors (Lipinski definition) is 7. The Labute approximate surface area is 194 Å². The van der Waals surface area contributed by atoms with Crippen LogP contribution in [0, 0.1) is 0 Å². The molecule has 0 amide bonds. The smallest absolute Gasteiger partial charge is 0.335 e. The summed E-state index contributed by atoms with van der Waals surface area (Å²) in [4.78, 5) is 24.9. The summed E-state index contributed by atoms with van der Waals surface area (Å²) in [6.45, 7) is 2.89. The molecule has 1 unspecified atom stereocenters. The molecule has 33 heavy (non-hydrogen) atoms. The summed E-state index contributed by atoms with van der Waals surface area (Å²) in [7, 11) is 0. The number of nitrogens with one attached hydrogen (secondary N) is 1. The van der Waals surface area contributed by atoms with Crippen LogP contribution in [-0.4, -0.2) is 57.5 Å². The van der Waals surface area contributed by atoms with E-state index in [2.05, 4.69) is 15.1 Å². The standard InChI is InChI=1S/C24H21N5O3S/c30-24(31)15-4-1-3-14(11-15)20-12-19-21(33-20)23(29-7-9-32-10-8-29)27-22(26-19)16-5-2-6-18-17(16)13-25-28-18/h1-6,11,13,20H,7-10,12H2,(H,25,28)(H,30,31). The fourth-order valence-corrected chi connectivity index (χ4v) is 5.79. The Morgan fingerprint density at radius 3 is 2.85 bits per heavy atom. The third kappa shape index (κ3) is 3.63. The van der Waals surface area contributed by atoms with Crippen LogP contribution in [0.15, 0.2) is 53.6 Å². The number of carboxylic acids is 1. The minimum Gasteiger partial charge on any atom is -0.478 e. The SMILES string of the molecule is O=C(O)c1cccc(C2Cc3nc(-c4cccc5[nH]ncc45)nc(N4CCOCC4)c3S2)c1. The Morgan fingerprint density at radius 1 is 1.15 bits per heavy atom. The predicted molar refractivity (Wildman–Crippen MR) is 126 cm³/mol. The van der Waals surface area contributed by atoms with Crippen molar-refractivity contribution in [3.8, 4) is 11.4 Å². The van der Waals surface area contributed by atoms with Gasteiger partial charge in [-0.25, -0.2) is 14.8 Å². The van der Waals surface area contributed by atoms with Crippen molar-refractivity contribution in [1.82, 2.24) is 20.2 Å². The molecular formula is C24H21N5O3S. The number of aromatic carboxylic acids is 1. The predicted octanol–water partition coefficient (Wildman–Crippen LogP) is 3.94. The monoisotopic (exact) mass is 459 g/mol. The molecule has 2 aliphatic heterocycles. The second kappa shape index (κ2) is 8.17. The molecular weight excluding hydrogens is 438 g/mol. The van der Waals surface area contributed by atoms with Crippen molar-refractivity contribution in [2.75, 3.05) is 31.2 Å². The van der Waals surface area contributed by atoms with Crippen molar-refractivity contribution in [3.63, 3.8) is 0 Å². The van der Waals surface area contributed by atoms with E-state index in [1.807, 2.05) is 36.5 Å². The number of carboxylic acid groups (broad SMARTS) is 1. The summed E-state index contributed by atoms with van der Waals surface area (Å²) in [6.07, 6.45) is 2.53. The van der Waals surface area contributed by atoms with E-state index in [0.717, 1.165) is 57.9 Å². The number of nitrogens with zero attached hydrogens (tertiary/aromatic N) is 4. The molecule has 9 heteroatoms. The fraction of sp³-hybridized carbons (Fsp3) is 0.250. The van der Waals surface area contributed by atoms with Crippen molar-refractivity contribution < 1.29 is 14.6 Å². The second-order valence-corrected chi connectivity index (χ2v) is 9.34. The van der Waals surface area contributed by atoms with Gasteiger partial charge in [0.15, 0.2) is 5.82 Å². The van der Waals surface area contributed by atoms with Crippen LogP contribution in [0.4, 0.5) is 5.82 Å². The quantitative estimate of drug-likeness (QED) is 0.473. The lowest BCUT2D eigenvalue weighted by atomic mass is 10.0. The van der Waals surface area contributed by atoms with E-state index in [1.54, 1.807) is 23.9 Å². The summed E-state index contributed by atoms with van der Waals surface area (Å²) in [5.41, 5.74) is 4.18. The van der Waals surface area contributed by atoms with Gasteiger partial charge in [-0.05, 0) is 23.8 Å². The zero-order valence-electron chi connectivity index (χ0n) is 17.7. The average Bonchev–Trinajstić information content (AvgIpc) is 3.51. The number of benzene rings is 2. The maximum absolute atomic E-state index is 11.5. The first kappa shape index (κ1) is 20.2. The first-order valence-corrected chi connectivity index (χ1v) is 11.7. The van der Waals surface area contributed by atoms with E-state index >= 15 is 0 Å². The van der Waals surface area contributed by atoms with Crippen molar-refractivity contribution in [1.29, 1.82) is 0 Å². The first-order chi connectivity index (χ1) is 16.2. The van der Waals surface area contributed by atoms with Gasteiger partial charge in [-0.3, -0.25) is 5.10 Å². The molecule has 0 radical (unpaired) electrons. The summed E-state index contributed by atoms with van der Waals surface area (Å²) >= 11 is 1.72. The Hall–Kier alpha value is -3.43. The fourth-order valence-electron chi connectivity index (χ4n) is 4.43. The summed E-state index contributed by atoms with van der Waals surface area (Å²) in [6, 6.07) is 13.2. The molecule has 0 bridgehead atoms. The maximum atomic E-state index is 11.5. The Bertz CT molecular complexity index is 1370. The highest BCUT2D eigenvalue weighted by Gasteiger charge is 2.32. The molecule has 8 nitrogen and oxygen atoms in total. The molecule has 2 N–H and O–H groups in total. The molecule has 1 saturated heterocycles. The number of rotatable bonds is 4. The van der Waals surface area contributed by atoms with Crippen molar-refractivity contribution in [3.05, 3.63) is 65.5 Å². The summed E-state index contributed by atoms with van der Waals surface area (Å²) in [5, 5.41) is 17.7. The molecule has 166 valence electrons. The molecule has 0 saturated carbocycles. The first-order valence-electron chi connectivity index (χ1n) is 10.8. The van der Waals surface area contributed by atoms with Crippen LogP contribution in [0.1, 0.15) is 26.9 Å². The second-order valence-electron chi connectivity index (χ2n) is 8.12. The van der Waals surface area contributed by atoms with Crippen LogP contribution in [0.3, 0.4) is 0 Å². The maximum Gasteiger partial charge on any atom is 0.335 e. The Balaban J connectivity index is 1.45.